The highest BCUT2D eigenvalue weighted by Crippen LogP contribution is 2.21. The second kappa shape index (κ2) is 6.11. The van der Waals surface area contributed by atoms with E-state index in [1.165, 1.54) is 30.1 Å². The monoisotopic (exact) mass is 277 g/mol. The molecule has 2 N–H and O–H groups in total. The van der Waals surface area contributed by atoms with Gasteiger partial charge < -0.3 is 14.6 Å². The second-order valence-corrected chi connectivity index (χ2v) is 4.69. The van der Waals surface area contributed by atoms with Crippen LogP contribution in [0.1, 0.15) is 10.4 Å². The third-order valence-electron chi connectivity index (χ3n) is 2.15. The summed E-state index contributed by atoms with van der Waals surface area (Å²) >= 11 is 3.48. The Hall–Kier alpha value is -0.950. The van der Waals surface area contributed by atoms with Gasteiger partial charge in [0.05, 0.1) is 16.5 Å². The molecule has 0 saturated carbocycles. The summed E-state index contributed by atoms with van der Waals surface area (Å²) in [5, 5.41) is 8.85. The maximum atomic E-state index is 11.8. The average Bonchev–Trinajstić information content (AvgIpc) is 2.28. The minimum Gasteiger partial charge on any atom is -0.395 e. The number of carbonyl (C=O) groups excluding carboxylic acids is 1. The van der Waals surface area contributed by atoms with Crippen LogP contribution in [-0.2, 0) is 11.1 Å². The van der Waals surface area contributed by atoms with Crippen LogP contribution in [0.2, 0.25) is 5.02 Å². The summed E-state index contributed by atoms with van der Waals surface area (Å²) < 4.78 is 19.9. The molecule has 0 aliphatic heterocycles. The van der Waals surface area contributed by atoms with E-state index >= 15 is 0 Å². The van der Waals surface area contributed by atoms with Crippen molar-refractivity contribution in [2.24, 2.45) is 0 Å². The van der Waals surface area contributed by atoms with E-state index in [1.54, 1.807) is 0 Å². The van der Waals surface area contributed by atoms with E-state index < -0.39 is 11.1 Å². The number of nitrogens with zero attached hydrogens (tertiary/aromatic N) is 1. The molecule has 5 nitrogen and oxygen atoms in total. The lowest BCUT2D eigenvalue weighted by Gasteiger charge is -2.16. The first-order valence-electron chi connectivity index (χ1n) is 4.74. The first kappa shape index (κ1) is 14.1. The van der Waals surface area contributed by atoms with Gasteiger partial charge in [-0.2, -0.15) is 0 Å². The molecule has 1 aromatic rings. The number of aliphatic hydroxyl groups is 1. The van der Waals surface area contributed by atoms with Gasteiger partial charge in [-0.3, -0.25) is 4.79 Å². The van der Waals surface area contributed by atoms with E-state index in [0.29, 0.717) is 0 Å². The standard InChI is InChI=1S/C10H12ClNO4S/c1-12(4-5-13)10(14)7-2-3-8(11)9(6-7)17(15)16/h2-3,6,13H,4-5H2,1H3,(H,15,16). The maximum Gasteiger partial charge on any atom is 0.253 e. The summed E-state index contributed by atoms with van der Waals surface area (Å²) in [5.41, 5.74) is 0.253. The van der Waals surface area contributed by atoms with Crippen LogP contribution in [0.4, 0.5) is 0 Å². The van der Waals surface area contributed by atoms with Crippen molar-refractivity contribution in [1.82, 2.24) is 4.90 Å². The van der Waals surface area contributed by atoms with Crippen LogP contribution in [-0.4, -0.2) is 44.9 Å². The highest BCUT2D eigenvalue weighted by atomic mass is 35.5. The van der Waals surface area contributed by atoms with Crippen molar-refractivity contribution in [2.45, 2.75) is 4.90 Å². The molecule has 0 aliphatic rings. The van der Waals surface area contributed by atoms with Crippen molar-refractivity contribution in [2.75, 3.05) is 20.2 Å². The second-order valence-electron chi connectivity index (χ2n) is 3.34. The van der Waals surface area contributed by atoms with Gasteiger partial charge in [0.25, 0.3) is 5.91 Å². The van der Waals surface area contributed by atoms with Crippen molar-refractivity contribution < 1.29 is 18.7 Å². The Kier molecular flexibility index (Phi) is 5.07. The van der Waals surface area contributed by atoms with Crippen LogP contribution >= 0.6 is 11.6 Å². The minimum absolute atomic E-state index is 0.00471. The number of aliphatic hydroxyl groups excluding tert-OH is 1. The van der Waals surface area contributed by atoms with Gasteiger partial charge in [0.15, 0.2) is 11.1 Å². The molecule has 7 heteroatoms. The quantitative estimate of drug-likeness (QED) is 0.805. The van der Waals surface area contributed by atoms with Crippen LogP contribution in [0.25, 0.3) is 0 Å². The molecule has 17 heavy (non-hydrogen) atoms. The number of carbonyl (C=O) groups is 1. The fraction of sp³-hybridized carbons (Fsp3) is 0.300. The van der Waals surface area contributed by atoms with Crippen molar-refractivity contribution >= 4 is 28.6 Å². The van der Waals surface area contributed by atoms with Crippen molar-refractivity contribution in [1.29, 1.82) is 0 Å². The van der Waals surface area contributed by atoms with Crippen LogP contribution in [0.5, 0.6) is 0 Å². The fourth-order valence-electron chi connectivity index (χ4n) is 1.24. The van der Waals surface area contributed by atoms with Crippen molar-refractivity contribution in [3.05, 3.63) is 28.8 Å². The SMILES string of the molecule is CN(CCO)C(=O)c1ccc(Cl)c(S(=O)O)c1. The van der Waals surface area contributed by atoms with Gasteiger partial charge in [0.1, 0.15) is 0 Å². The summed E-state index contributed by atoms with van der Waals surface area (Å²) in [6.45, 7) is 0.0492. The lowest BCUT2D eigenvalue weighted by atomic mass is 10.2. The Balaban J connectivity index is 3.03. The zero-order valence-corrected chi connectivity index (χ0v) is 10.7. The van der Waals surface area contributed by atoms with E-state index in [4.69, 9.17) is 21.3 Å². The Bertz CT molecular complexity index is 452. The average molecular weight is 278 g/mol. The third kappa shape index (κ3) is 3.50. The molecule has 1 rings (SSSR count). The lowest BCUT2D eigenvalue weighted by molar-refractivity contribution is 0.0766. The minimum atomic E-state index is -2.24. The molecule has 0 heterocycles. The maximum absolute atomic E-state index is 11.8. The zero-order chi connectivity index (χ0) is 13.0. The molecule has 1 unspecified atom stereocenters. The van der Waals surface area contributed by atoms with Gasteiger partial charge >= 0.3 is 0 Å². The molecule has 0 bridgehead atoms. The number of likely N-dealkylation sites (N-methyl/N-ethyl adjacent to an activating group) is 1. The number of hydrogen-bond donors (Lipinski definition) is 2. The predicted molar refractivity (Wildman–Crippen MR) is 64.5 cm³/mol. The van der Waals surface area contributed by atoms with Crippen LogP contribution < -0.4 is 0 Å². The summed E-state index contributed by atoms with van der Waals surface area (Å²) in [4.78, 5) is 13.1. The van der Waals surface area contributed by atoms with Crippen LogP contribution in [0.3, 0.4) is 0 Å². The molecule has 0 aliphatic carbocycles. The van der Waals surface area contributed by atoms with Crippen LogP contribution in [0, 0.1) is 0 Å². The number of hydrogen-bond acceptors (Lipinski definition) is 3. The number of halogens is 1. The van der Waals surface area contributed by atoms with Gasteiger partial charge in [-0.1, -0.05) is 11.6 Å². The zero-order valence-electron chi connectivity index (χ0n) is 9.09. The van der Waals surface area contributed by atoms with Crippen LogP contribution in [0.15, 0.2) is 23.1 Å². The first-order valence-corrected chi connectivity index (χ1v) is 6.22. The van der Waals surface area contributed by atoms with Gasteiger partial charge in [-0.15, -0.1) is 0 Å². The smallest absolute Gasteiger partial charge is 0.253 e. The van der Waals surface area contributed by atoms with Gasteiger partial charge in [0.2, 0.25) is 0 Å². The Labute approximate surface area is 106 Å². The molecular formula is C10H12ClNO4S. The Morgan fingerprint density at radius 2 is 2.18 bits per heavy atom. The summed E-state index contributed by atoms with van der Waals surface area (Å²) in [6, 6.07) is 4.13. The van der Waals surface area contributed by atoms with E-state index in [2.05, 4.69) is 0 Å². The topological polar surface area (TPSA) is 77.8 Å². The van der Waals surface area contributed by atoms with E-state index in [0.717, 1.165) is 0 Å². The normalized spacial score (nSPS) is 12.2. The third-order valence-corrected chi connectivity index (χ3v) is 3.30. The lowest BCUT2D eigenvalue weighted by Crippen LogP contribution is -2.29. The van der Waals surface area contributed by atoms with E-state index in [-0.39, 0.29) is 34.5 Å². The summed E-state index contributed by atoms with van der Waals surface area (Å²) in [5.74, 6) is -0.345. The Morgan fingerprint density at radius 1 is 1.53 bits per heavy atom. The molecule has 0 spiro atoms. The molecule has 1 amide bonds. The molecule has 0 fully saturated rings. The molecule has 1 atom stereocenters. The fourth-order valence-corrected chi connectivity index (χ4v) is 2.02. The van der Waals surface area contributed by atoms with Gasteiger partial charge in [-0.05, 0) is 18.2 Å². The number of rotatable bonds is 4. The van der Waals surface area contributed by atoms with Gasteiger partial charge in [0, 0.05) is 19.2 Å². The molecular weight excluding hydrogens is 266 g/mol. The Morgan fingerprint density at radius 3 is 2.71 bits per heavy atom. The number of benzene rings is 1. The predicted octanol–water partition coefficient (Wildman–Crippen LogP) is 0.985. The van der Waals surface area contributed by atoms with Gasteiger partial charge in [-0.25, -0.2) is 4.21 Å². The highest BCUT2D eigenvalue weighted by molar-refractivity contribution is 7.79. The highest BCUT2D eigenvalue weighted by Gasteiger charge is 2.15. The summed E-state index contributed by atoms with van der Waals surface area (Å²) in [7, 11) is 1.53. The van der Waals surface area contributed by atoms with E-state index in [9.17, 15) is 9.00 Å². The molecule has 1 aromatic carbocycles. The molecule has 94 valence electrons. The van der Waals surface area contributed by atoms with Crippen molar-refractivity contribution in [3.63, 3.8) is 0 Å². The summed E-state index contributed by atoms with van der Waals surface area (Å²) in [6.07, 6.45) is 0. The molecule has 0 saturated heterocycles. The largest absolute Gasteiger partial charge is 0.395 e. The molecule has 0 aromatic heterocycles. The number of amides is 1. The van der Waals surface area contributed by atoms with E-state index in [1.807, 2.05) is 0 Å². The first-order chi connectivity index (χ1) is 7.97. The van der Waals surface area contributed by atoms with Crippen molar-refractivity contribution in [3.8, 4) is 0 Å². The molecule has 0 radical (unpaired) electrons.